The molecule has 25 heavy (non-hydrogen) atoms. The molecule has 5 heteroatoms. The molecule has 1 atom stereocenters. The van der Waals surface area contributed by atoms with E-state index < -0.39 is 0 Å². The monoisotopic (exact) mass is 343 g/mol. The third-order valence-electron chi connectivity index (χ3n) is 6.33. The van der Waals surface area contributed by atoms with Gasteiger partial charge in [0.05, 0.1) is 13.0 Å². The fourth-order valence-electron chi connectivity index (χ4n) is 4.65. The van der Waals surface area contributed by atoms with Gasteiger partial charge in [-0.05, 0) is 61.7 Å². The number of amides is 1. The first-order valence-corrected chi connectivity index (χ1v) is 9.69. The number of piperidine rings is 1. The van der Waals surface area contributed by atoms with Gasteiger partial charge in [-0.3, -0.25) is 9.78 Å². The standard InChI is InChI=1S/C20H29N3O2/c24-19(12-17-2-1-7-21-13-17)23-10-6-20(16-23)4-8-22(9-5-20)14-18-3-11-25-15-18/h1-2,7,13,18H,3-6,8-12,14-16H2/t18-/m1/s1. The first-order valence-electron chi connectivity index (χ1n) is 9.69. The molecular formula is C20H29N3O2. The maximum absolute atomic E-state index is 12.6. The van der Waals surface area contributed by atoms with E-state index >= 15 is 0 Å². The molecule has 0 saturated carbocycles. The Labute approximate surface area is 150 Å². The topological polar surface area (TPSA) is 45.7 Å². The predicted octanol–water partition coefficient (Wildman–Crippen LogP) is 1.98. The van der Waals surface area contributed by atoms with Crippen LogP contribution in [0, 0.1) is 11.3 Å². The van der Waals surface area contributed by atoms with Gasteiger partial charge in [-0.2, -0.15) is 0 Å². The molecule has 0 radical (unpaired) electrons. The molecule has 5 nitrogen and oxygen atoms in total. The van der Waals surface area contributed by atoms with Crippen LogP contribution in [0.15, 0.2) is 24.5 Å². The van der Waals surface area contributed by atoms with E-state index in [4.69, 9.17) is 4.74 Å². The van der Waals surface area contributed by atoms with E-state index in [1.165, 1.54) is 45.3 Å². The average Bonchev–Trinajstić information content (AvgIpc) is 3.29. The molecule has 3 aliphatic heterocycles. The Morgan fingerprint density at radius 1 is 1.28 bits per heavy atom. The third kappa shape index (κ3) is 4.04. The van der Waals surface area contributed by atoms with Crippen LogP contribution in [0.5, 0.6) is 0 Å². The highest BCUT2D eigenvalue weighted by Gasteiger charge is 2.42. The number of hydrogen-bond acceptors (Lipinski definition) is 4. The summed E-state index contributed by atoms with van der Waals surface area (Å²) >= 11 is 0. The summed E-state index contributed by atoms with van der Waals surface area (Å²) in [6.07, 6.45) is 8.90. The van der Waals surface area contributed by atoms with E-state index in [1.807, 2.05) is 12.1 Å². The summed E-state index contributed by atoms with van der Waals surface area (Å²) in [6.45, 7) is 7.32. The van der Waals surface area contributed by atoms with Crippen molar-refractivity contribution in [2.24, 2.45) is 11.3 Å². The van der Waals surface area contributed by atoms with Crippen LogP contribution in [0.1, 0.15) is 31.2 Å². The molecule has 1 aromatic heterocycles. The quantitative estimate of drug-likeness (QED) is 0.839. The van der Waals surface area contributed by atoms with E-state index in [1.54, 1.807) is 12.4 Å². The van der Waals surface area contributed by atoms with E-state index in [0.29, 0.717) is 11.8 Å². The second-order valence-electron chi connectivity index (χ2n) is 8.13. The van der Waals surface area contributed by atoms with Crippen molar-refractivity contribution in [3.8, 4) is 0 Å². The van der Waals surface area contributed by atoms with Gasteiger partial charge in [-0.1, -0.05) is 6.07 Å². The fraction of sp³-hybridized carbons (Fsp3) is 0.700. The van der Waals surface area contributed by atoms with Crippen molar-refractivity contribution in [1.29, 1.82) is 0 Å². The van der Waals surface area contributed by atoms with Crippen LogP contribution in [-0.4, -0.2) is 66.6 Å². The first-order chi connectivity index (χ1) is 12.2. The van der Waals surface area contributed by atoms with E-state index in [2.05, 4.69) is 14.8 Å². The van der Waals surface area contributed by atoms with Crippen molar-refractivity contribution < 1.29 is 9.53 Å². The van der Waals surface area contributed by atoms with Crippen molar-refractivity contribution in [2.75, 3.05) is 45.9 Å². The molecule has 0 aliphatic carbocycles. The summed E-state index contributed by atoms with van der Waals surface area (Å²) < 4.78 is 5.51. The van der Waals surface area contributed by atoms with Gasteiger partial charge in [0.1, 0.15) is 0 Å². The molecule has 1 aromatic rings. The van der Waals surface area contributed by atoms with Gasteiger partial charge in [0.15, 0.2) is 0 Å². The molecule has 0 aromatic carbocycles. The van der Waals surface area contributed by atoms with Gasteiger partial charge < -0.3 is 14.5 Å². The van der Waals surface area contributed by atoms with Crippen LogP contribution < -0.4 is 0 Å². The molecule has 4 rings (SSSR count). The molecule has 0 bridgehead atoms. The smallest absolute Gasteiger partial charge is 0.227 e. The van der Waals surface area contributed by atoms with Gasteiger partial charge in [0.25, 0.3) is 0 Å². The highest BCUT2D eigenvalue weighted by atomic mass is 16.5. The van der Waals surface area contributed by atoms with E-state index in [9.17, 15) is 4.79 Å². The summed E-state index contributed by atoms with van der Waals surface area (Å²) in [4.78, 5) is 21.4. The number of carbonyl (C=O) groups excluding carboxylic acids is 1. The summed E-state index contributed by atoms with van der Waals surface area (Å²) in [7, 11) is 0. The Balaban J connectivity index is 1.26. The molecule has 4 heterocycles. The number of carbonyl (C=O) groups is 1. The Morgan fingerprint density at radius 3 is 2.84 bits per heavy atom. The van der Waals surface area contributed by atoms with Gasteiger partial charge in [-0.25, -0.2) is 0 Å². The molecule has 0 unspecified atom stereocenters. The highest BCUT2D eigenvalue weighted by Crippen LogP contribution is 2.40. The molecule has 3 aliphatic rings. The maximum Gasteiger partial charge on any atom is 0.227 e. The van der Waals surface area contributed by atoms with Gasteiger partial charge in [0, 0.05) is 38.6 Å². The van der Waals surface area contributed by atoms with Crippen LogP contribution in [0.25, 0.3) is 0 Å². The number of aromatic nitrogens is 1. The van der Waals surface area contributed by atoms with Crippen molar-refractivity contribution in [2.45, 2.75) is 32.1 Å². The average molecular weight is 343 g/mol. The lowest BCUT2D eigenvalue weighted by molar-refractivity contribution is -0.130. The molecule has 1 amide bonds. The summed E-state index contributed by atoms with van der Waals surface area (Å²) in [5, 5.41) is 0. The van der Waals surface area contributed by atoms with Gasteiger partial charge in [-0.15, -0.1) is 0 Å². The third-order valence-corrected chi connectivity index (χ3v) is 6.33. The first kappa shape index (κ1) is 17.0. The highest BCUT2D eigenvalue weighted by molar-refractivity contribution is 5.79. The minimum absolute atomic E-state index is 0.260. The Morgan fingerprint density at radius 2 is 2.12 bits per heavy atom. The lowest BCUT2D eigenvalue weighted by atomic mass is 9.77. The number of ether oxygens (including phenoxy) is 1. The van der Waals surface area contributed by atoms with Crippen LogP contribution in [-0.2, 0) is 16.0 Å². The molecule has 136 valence electrons. The summed E-state index contributed by atoms with van der Waals surface area (Å²) in [5.74, 6) is 0.991. The van der Waals surface area contributed by atoms with Crippen molar-refractivity contribution in [1.82, 2.24) is 14.8 Å². The number of hydrogen-bond donors (Lipinski definition) is 0. The lowest BCUT2D eigenvalue weighted by Gasteiger charge is -2.40. The largest absolute Gasteiger partial charge is 0.381 e. The van der Waals surface area contributed by atoms with Crippen LogP contribution in [0.3, 0.4) is 0 Å². The SMILES string of the molecule is O=C(Cc1cccnc1)N1CCC2(CCN(C[C@H]3CCOC3)CC2)C1. The van der Waals surface area contributed by atoms with Crippen LogP contribution >= 0.6 is 0 Å². The zero-order valence-corrected chi connectivity index (χ0v) is 15.0. The van der Waals surface area contributed by atoms with Crippen molar-refractivity contribution in [3.63, 3.8) is 0 Å². The Kier molecular flexibility index (Phi) is 5.04. The molecular weight excluding hydrogens is 314 g/mol. The van der Waals surface area contributed by atoms with E-state index in [0.717, 1.165) is 37.8 Å². The van der Waals surface area contributed by atoms with Crippen LogP contribution in [0.2, 0.25) is 0 Å². The number of nitrogens with zero attached hydrogens (tertiary/aromatic N) is 3. The van der Waals surface area contributed by atoms with Crippen molar-refractivity contribution >= 4 is 5.91 Å². The minimum atomic E-state index is 0.260. The fourth-order valence-corrected chi connectivity index (χ4v) is 4.65. The Bertz CT molecular complexity index is 578. The maximum atomic E-state index is 12.6. The predicted molar refractivity (Wildman–Crippen MR) is 96.2 cm³/mol. The van der Waals surface area contributed by atoms with Gasteiger partial charge >= 0.3 is 0 Å². The van der Waals surface area contributed by atoms with Crippen LogP contribution in [0.4, 0.5) is 0 Å². The van der Waals surface area contributed by atoms with Crippen molar-refractivity contribution in [3.05, 3.63) is 30.1 Å². The number of pyridine rings is 1. The molecule has 0 N–H and O–H groups in total. The zero-order valence-electron chi connectivity index (χ0n) is 15.0. The summed E-state index contributed by atoms with van der Waals surface area (Å²) in [6, 6.07) is 3.89. The minimum Gasteiger partial charge on any atom is -0.381 e. The Hall–Kier alpha value is -1.46. The number of rotatable bonds is 4. The second-order valence-corrected chi connectivity index (χ2v) is 8.13. The lowest BCUT2D eigenvalue weighted by Crippen LogP contribution is -2.44. The second kappa shape index (κ2) is 7.42. The number of likely N-dealkylation sites (tertiary alicyclic amines) is 2. The molecule has 3 saturated heterocycles. The molecule has 3 fully saturated rings. The van der Waals surface area contributed by atoms with Gasteiger partial charge in [0.2, 0.25) is 5.91 Å². The normalized spacial score (nSPS) is 26.4. The summed E-state index contributed by atoms with van der Waals surface area (Å²) in [5.41, 5.74) is 1.38. The zero-order chi connectivity index (χ0) is 17.1. The van der Waals surface area contributed by atoms with E-state index in [-0.39, 0.29) is 5.91 Å². The molecule has 1 spiro atoms.